The van der Waals surface area contributed by atoms with E-state index in [9.17, 15) is 0 Å². The fourth-order valence-electron chi connectivity index (χ4n) is 2.03. The smallest absolute Gasteiger partial charge is 0.118 e. The van der Waals surface area contributed by atoms with Crippen LogP contribution in [0.3, 0.4) is 0 Å². The molecule has 4 heteroatoms. The molecule has 1 rings (SSSR count). The minimum atomic E-state index is 0.797. The van der Waals surface area contributed by atoms with Crippen LogP contribution < -0.4 is 5.32 Å². The average molecular weight is 253 g/mol. The summed E-state index contributed by atoms with van der Waals surface area (Å²) < 4.78 is 5.70. The van der Waals surface area contributed by atoms with Crippen LogP contribution in [0.5, 0.6) is 0 Å². The van der Waals surface area contributed by atoms with Crippen molar-refractivity contribution >= 4 is 0 Å². The van der Waals surface area contributed by atoms with Gasteiger partial charge in [-0.15, -0.1) is 0 Å². The van der Waals surface area contributed by atoms with Crippen LogP contribution >= 0.6 is 0 Å². The van der Waals surface area contributed by atoms with E-state index in [0.29, 0.717) is 0 Å². The highest BCUT2D eigenvalue weighted by Gasteiger charge is 2.09. The van der Waals surface area contributed by atoms with Crippen LogP contribution in [0.25, 0.3) is 0 Å². The molecular formula is C14H27N3O. The molecule has 4 nitrogen and oxygen atoms in total. The molecule has 1 aromatic rings. The van der Waals surface area contributed by atoms with Crippen LogP contribution in [0.2, 0.25) is 0 Å². The molecule has 0 atom stereocenters. The summed E-state index contributed by atoms with van der Waals surface area (Å²) in [6, 6.07) is 2.16. The van der Waals surface area contributed by atoms with Crippen molar-refractivity contribution in [3.05, 3.63) is 23.2 Å². The zero-order chi connectivity index (χ0) is 13.5. The lowest BCUT2D eigenvalue weighted by atomic mass is 10.2. The molecule has 1 aromatic heterocycles. The van der Waals surface area contributed by atoms with Crippen LogP contribution in [-0.4, -0.2) is 51.1 Å². The first-order valence-electron chi connectivity index (χ1n) is 6.59. The lowest BCUT2D eigenvalue weighted by Crippen LogP contribution is -2.23. The average Bonchev–Trinajstić information content (AvgIpc) is 2.59. The Bertz CT molecular complexity index is 347. The number of rotatable bonds is 8. The fraction of sp³-hybridized carbons (Fsp3) is 0.714. The lowest BCUT2D eigenvalue weighted by molar-refractivity contribution is 0.293. The molecule has 0 bridgehead atoms. The van der Waals surface area contributed by atoms with E-state index in [1.165, 1.54) is 12.0 Å². The van der Waals surface area contributed by atoms with Crippen molar-refractivity contribution in [1.82, 2.24) is 15.1 Å². The molecule has 1 heterocycles. The summed E-state index contributed by atoms with van der Waals surface area (Å²) in [4.78, 5) is 4.58. The highest BCUT2D eigenvalue weighted by atomic mass is 16.3. The Kier molecular flexibility index (Phi) is 6.39. The lowest BCUT2D eigenvalue weighted by Gasteiger charge is -2.17. The van der Waals surface area contributed by atoms with Gasteiger partial charge in [-0.2, -0.15) is 0 Å². The van der Waals surface area contributed by atoms with Crippen LogP contribution in [0.1, 0.15) is 23.5 Å². The van der Waals surface area contributed by atoms with Crippen LogP contribution in [0.15, 0.2) is 10.5 Å². The summed E-state index contributed by atoms with van der Waals surface area (Å²) in [5, 5.41) is 3.11. The van der Waals surface area contributed by atoms with E-state index in [0.717, 1.165) is 37.7 Å². The SMILES string of the molecule is CNCc1cc(CN(C)CCCN(C)C)c(C)o1. The minimum absolute atomic E-state index is 0.797. The number of nitrogens with zero attached hydrogens (tertiary/aromatic N) is 2. The van der Waals surface area contributed by atoms with E-state index in [2.05, 4.69) is 42.3 Å². The maximum absolute atomic E-state index is 5.70. The predicted octanol–water partition coefficient (Wildman–Crippen LogP) is 1.69. The van der Waals surface area contributed by atoms with Crippen molar-refractivity contribution in [2.75, 3.05) is 41.3 Å². The summed E-state index contributed by atoms with van der Waals surface area (Å²) in [5.41, 5.74) is 1.30. The molecule has 0 radical (unpaired) electrons. The van der Waals surface area contributed by atoms with Crippen molar-refractivity contribution in [3.8, 4) is 0 Å². The highest BCUT2D eigenvalue weighted by Crippen LogP contribution is 2.16. The Morgan fingerprint density at radius 3 is 2.56 bits per heavy atom. The van der Waals surface area contributed by atoms with Gasteiger partial charge in [0.05, 0.1) is 6.54 Å². The third kappa shape index (κ3) is 5.21. The maximum Gasteiger partial charge on any atom is 0.118 e. The second-order valence-electron chi connectivity index (χ2n) is 5.22. The zero-order valence-corrected chi connectivity index (χ0v) is 12.4. The molecule has 18 heavy (non-hydrogen) atoms. The third-order valence-corrected chi connectivity index (χ3v) is 3.01. The van der Waals surface area contributed by atoms with Crippen molar-refractivity contribution in [1.29, 1.82) is 0 Å². The Balaban J connectivity index is 2.41. The minimum Gasteiger partial charge on any atom is -0.465 e. The number of hydrogen-bond acceptors (Lipinski definition) is 4. The monoisotopic (exact) mass is 253 g/mol. The van der Waals surface area contributed by atoms with E-state index in [1.807, 2.05) is 14.0 Å². The van der Waals surface area contributed by atoms with Gasteiger partial charge < -0.3 is 19.5 Å². The molecule has 0 aliphatic heterocycles. The molecule has 0 saturated carbocycles. The van der Waals surface area contributed by atoms with E-state index < -0.39 is 0 Å². The van der Waals surface area contributed by atoms with E-state index in [1.54, 1.807) is 0 Å². The Morgan fingerprint density at radius 1 is 1.22 bits per heavy atom. The van der Waals surface area contributed by atoms with Gasteiger partial charge in [0.25, 0.3) is 0 Å². The molecule has 104 valence electrons. The Labute approximate surface area is 111 Å². The van der Waals surface area contributed by atoms with Crippen molar-refractivity contribution < 1.29 is 4.42 Å². The summed E-state index contributed by atoms with van der Waals surface area (Å²) in [5.74, 6) is 2.06. The molecule has 0 aromatic carbocycles. The van der Waals surface area contributed by atoms with Gasteiger partial charge in [0.15, 0.2) is 0 Å². The second kappa shape index (κ2) is 7.56. The first-order valence-corrected chi connectivity index (χ1v) is 6.59. The third-order valence-electron chi connectivity index (χ3n) is 3.01. The van der Waals surface area contributed by atoms with E-state index in [-0.39, 0.29) is 0 Å². The van der Waals surface area contributed by atoms with Gasteiger partial charge in [0, 0.05) is 12.1 Å². The second-order valence-corrected chi connectivity index (χ2v) is 5.22. The first-order chi connectivity index (χ1) is 8.52. The highest BCUT2D eigenvalue weighted by molar-refractivity contribution is 5.20. The van der Waals surface area contributed by atoms with Crippen molar-refractivity contribution in [2.24, 2.45) is 0 Å². The van der Waals surface area contributed by atoms with Gasteiger partial charge in [-0.1, -0.05) is 0 Å². The normalized spacial score (nSPS) is 11.7. The predicted molar refractivity (Wildman–Crippen MR) is 75.7 cm³/mol. The summed E-state index contributed by atoms with van der Waals surface area (Å²) >= 11 is 0. The first kappa shape index (κ1) is 15.2. The maximum atomic E-state index is 5.70. The molecule has 0 fully saturated rings. The quantitative estimate of drug-likeness (QED) is 0.764. The van der Waals surface area contributed by atoms with Gasteiger partial charge in [0.1, 0.15) is 11.5 Å². The van der Waals surface area contributed by atoms with E-state index >= 15 is 0 Å². The Hall–Kier alpha value is -0.840. The van der Waals surface area contributed by atoms with Crippen LogP contribution in [0, 0.1) is 6.92 Å². The number of furan rings is 1. The number of aryl methyl sites for hydroxylation is 1. The molecular weight excluding hydrogens is 226 g/mol. The van der Waals surface area contributed by atoms with Gasteiger partial charge in [-0.3, -0.25) is 0 Å². The summed E-state index contributed by atoms with van der Waals surface area (Å²) in [6.07, 6.45) is 1.20. The molecule has 0 aliphatic carbocycles. The largest absolute Gasteiger partial charge is 0.465 e. The number of hydrogen-bond donors (Lipinski definition) is 1. The van der Waals surface area contributed by atoms with Gasteiger partial charge >= 0.3 is 0 Å². The van der Waals surface area contributed by atoms with E-state index in [4.69, 9.17) is 4.42 Å². The fourth-order valence-corrected chi connectivity index (χ4v) is 2.03. The summed E-state index contributed by atoms with van der Waals surface area (Å²) in [6.45, 7) is 6.06. The summed E-state index contributed by atoms with van der Waals surface area (Å²) in [7, 11) is 8.33. The molecule has 0 unspecified atom stereocenters. The molecule has 1 N–H and O–H groups in total. The Morgan fingerprint density at radius 2 is 1.94 bits per heavy atom. The number of nitrogens with one attached hydrogen (secondary N) is 1. The van der Waals surface area contributed by atoms with Crippen LogP contribution in [0.4, 0.5) is 0 Å². The topological polar surface area (TPSA) is 31.6 Å². The van der Waals surface area contributed by atoms with Gasteiger partial charge in [-0.25, -0.2) is 0 Å². The molecule has 0 amide bonds. The van der Waals surface area contributed by atoms with Crippen molar-refractivity contribution in [2.45, 2.75) is 26.4 Å². The molecule has 0 aliphatic rings. The molecule has 0 spiro atoms. The van der Waals surface area contributed by atoms with Crippen molar-refractivity contribution in [3.63, 3.8) is 0 Å². The molecule has 0 saturated heterocycles. The zero-order valence-electron chi connectivity index (χ0n) is 12.4. The van der Waals surface area contributed by atoms with Gasteiger partial charge in [-0.05, 0) is 60.7 Å². The standard InChI is InChI=1S/C14H27N3O/c1-12-13(9-14(18-12)10-15-2)11-17(5)8-6-7-16(3)4/h9,15H,6-8,10-11H2,1-5H3. The van der Waals surface area contributed by atoms with Crippen LogP contribution in [-0.2, 0) is 13.1 Å². The van der Waals surface area contributed by atoms with Gasteiger partial charge in [0.2, 0.25) is 0 Å².